The number of hydrazone groups is 1. The smallest absolute Gasteiger partial charge is 0.267 e. The summed E-state index contributed by atoms with van der Waals surface area (Å²) in [6.07, 6.45) is 1.68. The van der Waals surface area contributed by atoms with E-state index in [9.17, 15) is 4.79 Å². The molecule has 4 rings (SSSR count). The topological polar surface area (TPSA) is 54.4 Å². The van der Waals surface area contributed by atoms with Gasteiger partial charge in [0.15, 0.2) is 0 Å². The number of aryl methyl sites for hydroxylation is 1. The van der Waals surface area contributed by atoms with Crippen molar-refractivity contribution < 1.29 is 4.79 Å². The van der Waals surface area contributed by atoms with Crippen molar-refractivity contribution in [2.45, 2.75) is 6.92 Å². The van der Waals surface area contributed by atoms with Crippen LogP contribution in [0.2, 0.25) is 0 Å². The summed E-state index contributed by atoms with van der Waals surface area (Å²) in [5.74, 6) is -0.247. The molecule has 0 bridgehead atoms. The zero-order chi connectivity index (χ0) is 17.9. The van der Waals surface area contributed by atoms with Gasteiger partial charge in [-0.2, -0.15) is 5.10 Å². The van der Waals surface area contributed by atoms with Gasteiger partial charge in [0.05, 0.1) is 17.3 Å². The van der Waals surface area contributed by atoms with Crippen LogP contribution in [0.1, 0.15) is 21.6 Å². The second-order valence-electron chi connectivity index (χ2n) is 6.10. The second kappa shape index (κ2) is 6.76. The molecule has 3 aromatic carbocycles. The van der Waals surface area contributed by atoms with Crippen LogP contribution in [0.25, 0.3) is 21.7 Å². The molecule has 0 atom stereocenters. The van der Waals surface area contributed by atoms with Crippen molar-refractivity contribution in [2.75, 3.05) is 0 Å². The van der Waals surface area contributed by atoms with Crippen LogP contribution in [0.4, 0.5) is 0 Å². The van der Waals surface area contributed by atoms with Crippen molar-refractivity contribution in [2.24, 2.45) is 5.10 Å². The molecule has 0 aliphatic heterocycles. The zero-order valence-electron chi connectivity index (χ0n) is 14.3. The first-order chi connectivity index (χ1) is 12.7. The van der Waals surface area contributed by atoms with Crippen LogP contribution in [-0.4, -0.2) is 17.1 Å². The van der Waals surface area contributed by atoms with Gasteiger partial charge in [-0.25, -0.2) is 5.43 Å². The maximum atomic E-state index is 12.6. The summed E-state index contributed by atoms with van der Waals surface area (Å²) in [5.41, 5.74) is 5.76. The van der Waals surface area contributed by atoms with Crippen LogP contribution in [0, 0.1) is 6.92 Å². The van der Waals surface area contributed by atoms with E-state index in [0.717, 1.165) is 32.9 Å². The molecular weight excluding hydrogens is 322 g/mol. The highest BCUT2D eigenvalue weighted by molar-refractivity contribution is 6.06. The summed E-state index contributed by atoms with van der Waals surface area (Å²) in [6.45, 7) is 1.88. The number of nitrogens with one attached hydrogen (secondary N) is 1. The Balaban J connectivity index is 1.62. The second-order valence-corrected chi connectivity index (χ2v) is 6.10. The number of para-hydroxylation sites is 1. The minimum Gasteiger partial charge on any atom is -0.267 e. The molecule has 4 aromatic rings. The van der Waals surface area contributed by atoms with Gasteiger partial charge < -0.3 is 0 Å². The van der Waals surface area contributed by atoms with Crippen molar-refractivity contribution in [1.82, 2.24) is 10.4 Å². The van der Waals surface area contributed by atoms with E-state index in [1.165, 1.54) is 0 Å². The van der Waals surface area contributed by atoms with E-state index in [4.69, 9.17) is 0 Å². The van der Waals surface area contributed by atoms with Crippen LogP contribution in [-0.2, 0) is 0 Å². The lowest BCUT2D eigenvalue weighted by molar-refractivity contribution is 0.0956. The first kappa shape index (κ1) is 16.0. The number of carbonyl (C=O) groups is 1. The van der Waals surface area contributed by atoms with Gasteiger partial charge in [-0.1, -0.05) is 60.7 Å². The number of nitrogens with zero attached hydrogens (tertiary/aromatic N) is 2. The maximum absolute atomic E-state index is 12.6. The van der Waals surface area contributed by atoms with Gasteiger partial charge in [0.1, 0.15) is 0 Å². The van der Waals surface area contributed by atoms with E-state index >= 15 is 0 Å². The van der Waals surface area contributed by atoms with Crippen LogP contribution in [0.5, 0.6) is 0 Å². The van der Waals surface area contributed by atoms with Crippen LogP contribution in [0.15, 0.2) is 77.9 Å². The average molecular weight is 339 g/mol. The molecule has 0 unspecified atom stereocenters. The van der Waals surface area contributed by atoms with E-state index in [1.54, 1.807) is 12.3 Å². The number of amides is 1. The van der Waals surface area contributed by atoms with Gasteiger partial charge in [0.25, 0.3) is 5.91 Å². The van der Waals surface area contributed by atoms with Gasteiger partial charge in [-0.15, -0.1) is 0 Å². The summed E-state index contributed by atoms with van der Waals surface area (Å²) < 4.78 is 0. The molecule has 26 heavy (non-hydrogen) atoms. The molecule has 0 aliphatic carbocycles. The fourth-order valence-corrected chi connectivity index (χ4v) is 3.08. The average Bonchev–Trinajstić information content (AvgIpc) is 2.67. The molecule has 0 aliphatic rings. The van der Waals surface area contributed by atoms with Crippen LogP contribution >= 0.6 is 0 Å². The standard InChI is InChI=1S/C22H17N3O/c1-15-13-20(19-11-4-5-12-21(19)24-15)22(26)25-23-14-17-9-6-8-16-7-2-3-10-18(16)17/h2-14H,1H3,(H,25,26). The van der Waals surface area contributed by atoms with E-state index in [1.807, 2.05) is 61.5 Å². The monoisotopic (exact) mass is 339 g/mol. The predicted molar refractivity (Wildman–Crippen MR) is 105 cm³/mol. The van der Waals surface area contributed by atoms with Crippen molar-refractivity contribution in [3.63, 3.8) is 0 Å². The highest BCUT2D eigenvalue weighted by Gasteiger charge is 2.11. The molecule has 0 saturated heterocycles. The van der Waals surface area contributed by atoms with E-state index in [0.29, 0.717) is 5.56 Å². The normalized spacial score (nSPS) is 11.3. The Bertz CT molecular complexity index is 1140. The predicted octanol–water partition coefficient (Wildman–Crippen LogP) is 4.46. The number of aromatic nitrogens is 1. The largest absolute Gasteiger partial charge is 0.272 e. The summed E-state index contributed by atoms with van der Waals surface area (Å²) in [5, 5.41) is 7.21. The lowest BCUT2D eigenvalue weighted by Gasteiger charge is -2.06. The third kappa shape index (κ3) is 3.05. The highest BCUT2D eigenvalue weighted by atomic mass is 16.2. The lowest BCUT2D eigenvalue weighted by Crippen LogP contribution is -2.18. The Labute approximate surface area is 151 Å². The highest BCUT2D eigenvalue weighted by Crippen LogP contribution is 2.19. The molecule has 0 saturated carbocycles. The summed E-state index contributed by atoms with van der Waals surface area (Å²) in [7, 11) is 0. The summed E-state index contributed by atoms with van der Waals surface area (Å²) >= 11 is 0. The minimum atomic E-state index is -0.247. The Morgan fingerprint density at radius 2 is 1.69 bits per heavy atom. The van der Waals surface area contributed by atoms with Gasteiger partial charge in [-0.05, 0) is 29.8 Å². The van der Waals surface area contributed by atoms with E-state index in [-0.39, 0.29) is 5.91 Å². The Morgan fingerprint density at radius 1 is 0.962 bits per heavy atom. The Morgan fingerprint density at radius 3 is 2.58 bits per heavy atom. The zero-order valence-corrected chi connectivity index (χ0v) is 14.3. The fraction of sp³-hybridized carbons (Fsp3) is 0.0455. The number of pyridine rings is 1. The molecule has 1 aromatic heterocycles. The quantitative estimate of drug-likeness (QED) is 0.442. The Kier molecular flexibility index (Phi) is 4.15. The summed E-state index contributed by atoms with van der Waals surface area (Å²) in [6, 6.07) is 23.5. The molecular formula is C22H17N3O. The third-order valence-corrected chi connectivity index (χ3v) is 4.28. The van der Waals surface area contributed by atoms with Gasteiger partial charge in [0.2, 0.25) is 0 Å². The van der Waals surface area contributed by atoms with Crippen LogP contribution < -0.4 is 5.43 Å². The molecule has 0 radical (unpaired) electrons. The number of hydrogen-bond donors (Lipinski definition) is 1. The van der Waals surface area contributed by atoms with Crippen LogP contribution in [0.3, 0.4) is 0 Å². The fourth-order valence-electron chi connectivity index (χ4n) is 3.08. The molecule has 0 fully saturated rings. The van der Waals surface area contributed by atoms with E-state index in [2.05, 4.69) is 27.6 Å². The first-order valence-electron chi connectivity index (χ1n) is 8.40. The molecule has 1 amide bonds. The van der Waals surface area contributed by atoms with Gasteiger partial charge in [0, 0.05) is 16.6 Å². The number of fused-ring (bicyclic) bond motifs is 2. The number of hydrogen-bond acceptors (Lipinski definition) is 3. The number of carbonyl (C=O) groups excluding carboxylic acids is 1. The first-order valence-corrected chi connectivity index (χ1v) is 8.40. The van der Waals surface area contributed by atoms with Crippen molar-refractivity contribution >= 4 is 33.8 Å². The van der Waals surface area contributed by atoms with Gasteiger partial charge in [-0.3, -0.25) is 9.78 Å². The third-order valence-electron chi connectivity index (χ3n) is 4.28. The van der Waals surface area contributed by atoms with E-state index < -0.39 is 0 Å². The minimum absolute atomic E-state index is 0.247. The molecule has 0 spiro atoms. The molecule has 1 heterocycles. The molecule has 126 valence electrons. The van der Waals surface area contributed by atoms with Crippen molar-refractivity contribution in [3.05, 3.63) is 89.6 Å². The molecule has 1 N–H and O–H groups in total. The maximum Gasteiger partial charge on any atom is 0.272 e. The van der Waals surface area contributed by atoms with Crippen molar-refractivity contribution in [3.8, 4) is 0 Å². The summed E-state index contributed by atoms with van der Waals surface area (Å²) in [4.78, 5) is 17.1. The van der Waals surface area contributed by atoms with Crippen molar-refractivity contribution in [1.29, 1.82) is 0 Å². The number of rotatable bonds is 3. The van der Waals surface area contributed by atoms with Gasteiger partial charge >= 0.3 is 0 Å². The lowest BCUT2D eigenvalue weighted by atomic mass is 10.1. The Hall–Kier alpha value is -3.53. The molecule has 4 nitrogen and oxygen atoms in total. The molecule has 4 heteroatoms. The number of benzene rings is 3. The SMILES string of the molecule is Cc1cc(C(=O)NN=Cc2cccc3ccccc23)c2ccccc2n1.